The minimum atomic E-state index is -0.356. The molecule has 0 atom stereocenters. The Morgan fingerprint density at radius 3 is 1.67 bits per heavy atom. The summed E-state index contributed by atoms with van der Waals surface area (Å²) in [6, 6.07) is 62.4. The topological polar surface area (TPSA) is 17.3 Å². The predicted octanol–water partition coefficient (Wildman–Crippen LogP) is 11.3. The highest BCUT2D eigenvalue weighted by Crippen LogP contribution is 2.63. The van der Waals surface area contributed by atoms with Crippen molar-refractivity contribution in [1.82, 2.24) is 9.38 Å². The van der Waals surface area contributed by atoms with Gasteiger partial charge in [-0.1, -0.05) is 133 Å². The van der Waals surface area contributed by atoms with E-state index in [0.717, 1.165) is 27.8 Å². The lowest BCUT2D eigenvalue weighted by Gasteiger charge is -2.30. The summed E-state index contributed by atoms with van der Waals surface area (Å²) in [5.41, 5.74) is 19.3. The van der Waals surface area contributed by atoms with E-state index in [0.29, 0.717) is 0 Å². The Morgan fingerprint density at radius 2 is 0.938 bits per heavy atom. The predicted molar refractivity (Wildman–Crippen MR) is 197 cm³/mol. The first-order valence-corrected chi connectivity index (χ1v) is 16.6. The van der Waals surface area contributed by atoms with Gasteiger partial charge in [-0.2, -0.15) is 0 Å². The number of rotatable bonds is 2. The van der Waals surface area contributed by atoms with Gasteiger partial charge in [-0.05, 0) is 92.0 Å². The summed E-state index contributed by atoms with van der Waals surface area (Å²) in [6.45, 7) is 0. The molecule has 0 radical (unpaired) electrons. The Kier molecular flexibility index (Phi) is 5.07. The third-order valence-electron chi connectivity index (χ3n) is 10.8. The highest BCUT2D eigenvalue weighted by molar-refractivity contribution is 5.99. The molecule has 0 bridgehead atoms. The van der Waals surface area contributed by atoms with E-state index < -0.39 is 0 Å². The van der Waals surface area contributed by atoms with Crippen LogP contribution in [0.1, 0.15) is 22.3 Å². The molecule has 9 aromatic rings. The largest absolute Gasteiger partial charge is 0.306 e. The lowest BCUT2D eigenvalue weighted by molar-refractivity contribution is 0.794. The van der Waals surface area contributed by atoms with Gasteiger partial charge >= 0.3 is 0 Å². The van der Waals surface area contributed by atoms with Crippen LogP contribution in [0.5, 0.6) is 0 Å². The molecule has 0 amide bonds. The van der Waals surface area contributed by atoms with Gasteiger partial charge in [-0.25, -0.2) is 4.98 Å². The zero-order valence-corrected chi connectivity index (χ0v) is 26.1. The van der Waals surface area contributed by atoms with Crippen LogP contribution in [0.2, 0.25) is 0 Å². The molecule has 7 aromatic carbocycles. The highest BCUT2D eigenvalue weighted by atomic mass is 14.9. The Bertz CT molecular complexity index is 2740. The molecule has 222 valence electrons. The van der Waals surface area contributed by atoms with E-state index in [1.54, 1.807) is 0 Å². The SMILES string of the molecule is c1cc(-c2ccc3c(c2)C2(c4ccccc4-c4ccccc42)c2ccccc2-3)cc(-c2nc3ccccc3n3c2cc2ccccc23)c1. The average molecular weight is 609 g/mol. The first-order chi connectivity index (χ1) is 23.8. The molecule has 0 saturated heterocycles. The number of fused-ring (bicyclic) bond motifs is 15. The lowest BCUT2D eigenvalue weighted by Crippen LogP contribution is -2.25. The van der Waals surface area contributed by atoms with E-state index >= 15 is 0 Å². The van der Waals surface area contributed by atoms with Crippen LogP contribution in [-0.2, 0) is 5.41 Å². The second kappa shape index (κ2) is 9.40. The molecular formula is C46H28N2. The maximum absolute atomic E-state index is 5.28. The van der Waals surface area contributed by atoms with Gasteiger partial charge in [0, 0.05) is 10.9 Å². The highest BCUT2D eigenvalue weighted by Gasteiger charge is 2.51. The summed E-state index contributed by atoms with van der Waals surface area (Å²) >= 11 is 0. The van der Waals surface area contributed by atoms with Crippen LogP contribution in [0.4, 0.5) is 0 Å². The number of aromatic nitrogens is 2. The monoisotopic (exact) mass is 608 g/mol. The lowest BCUT2D eigenvalue weighted by atomic mass is 9.70. The van der Waals surface area contributed by atoms with Crippen LogP contribution >= 0.6 is 0 Å². The molecule has 0 N–H and O–H groups in total. The fourth-order valence-electron chi connectivity index (χ4n) is 8.85. The molecule has 2 heterocycles. The van der Waals surface area contributed by atoms with E-state index in [1.807, 2.05) is 0 Å². The zero-order valence-electron chi connectivity index (χ0n) is 26.1. The quantitative estimate of drug-likeness (QED) is 0.191. The van der Waals surface area contributed by atoms with Gasteiger partial charge < -0.3 is 4.40 Å². The number of para-hydroxylation sites is 3. The molecule has 48 heavy (non-hydrogen) atoms. The van der Waals surface area contributed by atoms with Crippen LogP contribution < -0.4 is 0 Å². The molecule has 2 aromatic heterocycles. The summed E-state index contributed by atoms with van der Waals surface area (Å²) in [4.78, 5) is 5.28. The third-order valence-corrected chi connectivity index (χ3v) is 10.8. The summed E-state index contributed by atoms with van der Waals surface area (Å²) in [5, 5.41) is 1.22. The van der Waals surface area contributed by atoms with Crippen LogP contribution in [0.25, 0.3) is 72.1 Å². The Balaban J connectivity index is 1.15. The van der Waals surface area contributed by atoms with Crippen molar-refractivity contribution in [3.05, 3.63) is 192 Å². The molecule has 0 aliphatic heterocycles. The van der Waals surface area contributed by atoms with Gasteiger partial charge in [0.25, 0.3) is 0 Å². The van der Waals surface area contributed by atoms with Crippen molar-refractivity contribution in [1.29, 1.82) is 0 Å². The van der Waals surface area contributed by atoms with Crippen molar-refractivity contribution in [2.24, 2.45) is 0 Å². The smallest absolute Gasteiger partial charge is 0.0951 e. The molecule has 0 unspecified atom stereocenters. The number of hydrogen-bond acceptors (Lipinski definition) is 1. The second-order valence-electron chi connectivity index (χ2n) is 13.1. The molecule has 2 heteroatoms. The molecule has 2 nitrogen and oxygen atoms in total. The van der Waals surface area contributed by atoms with E-state index in [1.165, 1.54) is 66.5 Å². The van der Waals surface area contributed by atoms with Crippen LogP contribution in [0.15, 0.2) is 170 Å². The van der Waals surface area contributed by atoms with Crippen LogP contribution in [0, 0.1) is 0 Å². The zero-order chi connectivity index (χ0) is 31.4. The minimum absolute atomic E-state index is 0.356. The van der Waals surface area contributed by atoms with Gasteiger partial charge in [0.1, 0.15) is 0 Å². The van der Waals surface area contributed by atoms with Crippen LogP contribution in [0.3, 0.4) is 0 Å². The van der Waals surface area contributed by atoms with Gasteiger partial charge in [0.2, 0.25) is 0 Å². The maximum atomic E-state index is 5.28. The van der Waals surface area contributed by atoms with Gasteiger partial charge in [-0.15, -0.1) is 0 Å². The van der Waals surface area contributed by atoms with E-state index in [4.69, 9.17) is 4.98 Å². The molecule has 2 aliphatic rings. The van der Waals surface area contributed by atoms with Gasteiger partial charge in [-0.3, -0.25) is 0 Å². The number of hydrogen-bond donors (Lipinski definition) is 0. The van der Waals surface area contributed by atoms with Crippen molar-refractivity contribution in [3.8, 4) is 44.6 Å². The van der Waals surface area contributed by atoms with E-state index in [2.05, 4.69) is 174 Å². The van der Waals surface area contributed by atoms with Crippen molar-refractivity contribution >= 4 is 27.5 Å². The van der Waals surface area contributed by atoms with E-state index in [9.17, 15) is 0 Å². The Hall–Kier alpha value is -6.25. The summed E-state index contributed by atoms with van der Waals surface area (Å²) in [6.07, 6.45) is 0. The molecular weight excluding hydrogens is 581 g/mol. The fourth-order valence-corrected chi connectivity index (χ4v) is 8.85. The summed E-state index contributed by atoms with van der Waals surface area (Å²) in [5.74, 6) is 0. The first kappa shape index (κ1) is 25.9. The Labute approximate surface area is 278 Å². The molecule has 2 aliphatic carbocycles. The maximum Gasteiger partial charge on any atom is 0.0951 e. The van der Waals surface area contributed by atoms with Crippen molar-refractivity contribution < 1.29 is 0 Å². The average Bonchev–Trinajstić information content (AvgIpc) is 3.79. The molecule has 0 saturated carbocycles. The van der Waals surface area contributed by atoms with Crippen LogP contribution in [-0.4, -0.2) is 9.38 Å². The molecule has 1 spiro atoms. The van der Waals surface area contributed by atoms with Gasteiger partial charge in [0.15, 0.2) is 0 Å². The Morgan fingerprint density at radius 1 is 0.375 bits per heavy atom. The molecule has 11 rings (SSSR count). The first-order valence-electron chi connectivity index (χ1n) is 16.6. The summed E-state index contributed by atoms with van der Waals surface area (Å²) in [7, 11) is 0. The van der Waals surface area contributed by atoms with Crippen molar-refractivity contribution in [2.45, 2.75) is 5.41 Å². The number of benzene rings is 7. The number of nitrogens with zero attached hydrogens (tertiary/aromatic N) is 2. The summed E-state index contributed by atoms with van der Waals surface area (Å²) < 4.78 is 2.37. The third kappa shape index (κ3) is 3.24. The standard InChI is InChI=1S/C46H28N2/c1-9-22-42-31(12-1)28-44-45(47-41-21-8-10-23-43(41)48(42)44)32-14-11-13-29(26-32)30-24-25-36-35-17-4-7-20-39(35)46(40(36)27-30)37-18-5-2-15-33(37)34-16-3-6-19-38(34)46/h1-28H. The normalized spacial score (nSPS) is 13.6. The molecule has 0 fully saturated rings. The van der Waals surface area contributed by atoms with E-state index in [-0.39, 0.29) is 5.41 Å². The second-order valence-corrected chi connectivity index (χ2v) is 13.1. The fraction of sp³-hybridized carbons (Fsp3) is 0.0217. The van der Waals surface area contributed by atoms with Crippen molar-refractivity contribution in [2.75, 3.05) is 0 Å². The van der Waals surface area contributed by atoms with Crippen molar-refractivity contribution in [3.63, 3.8) is 0 Å². The van der Waals surface area contributed by atoms with Gasteiger partial charge in [0.05, 0.1) is 33.2 Å². The minimum Gasteiger partial charge on any atom is -0.306 e.